The Morgan fingerprint density at radius 3 is 2.55 bits per heavy atom. The summed E-state index contributed by atoms with van der Waals surface area (Å²) in [7, 11) is 1.63. The Balaban J connectivity index is 1.05. The zero-order valence-electron chi connectivity index (χ0n) is 17.2. The van der Waals surface area contributed by atoms with E-state index in [-0.39, 0.29) is 11.5 Å². The molecule has 6 nitrogen and oxygen atoms in total. The van der Waals surface area contributed by atoms with E-state index in [1.165, 1.54) is 19.3 Å². The second-order valence-corrected chi connectivity index (χ2v) is 9.50. The van der Waals surface area contributed by atoms with E-state index >= 15 is 0 Å². The third-order valence-electron chi connectivity index (χ3n) is 7.35. The van der Waals surface area contributed by atoms with Crippen LogP contribution >= 0.6 is 0 Å². The van der Waals surface area contributed by atoms with Crippen molar-refractivity contribution in [2.75, 3.05) is 33.4 Å². The van der Waals surface area contributed by atoms with Crippen LogP contribution in [0.1, 0.15) is 38.5 Å². The normalized spacial score (nSPS) is 34.1. The van der Waals surface area contributed by atoms with Gasteiger partial charge < -0.3 is 24.8 Å². The predicted molar refractivity (Wildman–Crippen MR) is 109 cm³/mol. The number of para-hydroxylation sites is 1. The first kappa shape index (κ1) is 19.0. The van der Waals surface area contributed by atoms with Gasteiger partial charge in [-0.3, -0.25) is 4.79 Å². The molecule has 1 aromatic carbocycles. The Morgan fingerprint density at radius 2 is 1.86 bits per heavy atom. The minimum atomic E-state index is -0.0577. The fourth-order valence-corrected chi connectivity index (χ4v) is 6.49. The van der Waals surface area contributed by atoms with Gasteiger partial charge in [-0.15, -0.1) is 0 Å². The number of methoxy groups -OCH3 is 1. The van der Waals surface area contributed by atoms with Crippen LogP contribution in [0.25, 0.3) is 0 Å². The van der Waals surface area contributed by atoms with Crippen molar-refractivity contribution < 1.29 is 19.0 Å². The van der Waals surface area contributed by atoms with Crippen molar-refractivity contribution >= 4 is 5.91 Å². The average molecular weight is 401 g/mol. The van der Waals surface area contributed by atoms with E-state index in [1.54, 1.807) is 7.11 Å². The van der Waals surface area contributed by atoms with E-state index in [0.717, 1.165) is 49.3 Å². The topological polar surface area (TPSA) is 68.8 Å². The lowest BCUT2D eigenvalue weighted by atomic mass is 9.49. The minimum Gasteiger partial charge on any atom is -0.493 e. The van der Waals surface area contributed by atoms with Crippen LogP contribution in [0.5, 0.6) is 17.2 Å². The van der Waals surface area contributed by atoms with Crippen LogP contribution in [0.3, 0.4) is 0 Å². The van der Waals surface area contributed by atoms with Crippen LogP contribution in [0.4, 0.5) is 0 Å². The number of hydrogen-bond donors (Lipinski definition) is 2. The van der Waals surface area contributed by atoms with E-state index in [2.05, 4.69) is 10.6 Å². The van der Waals surface area contributed by atoms with Gasteiger partial charge in [-0.05, 0) is 68.4 Å². The highest BCUT2D eigenvalue weighted by Crippen LogP contribution is 2.60. The second kappa shape index (κ2) is 7.71. The molecule has 0 saturated heterocycles. The van der Waals surface area contributed by atoms with Gasteiger partial charge in [0.15, 0.2) is 11.5 Å². The molecule has 0 radical (unpaired) electrons. The summed E-state index contributed by atoms with van der Waals surface area (Å²) in [6.07, 6.45) is 7.41. The zero-order chi connectivity index (χ0) is 19.8. The van der Waals surface area contributed by atoms with Gasteiger partial charge in [0.25, 0.3) is 0 Å². The number of nitrogens with one attached hydrogen (secondary N) is 2. The number of fused-ring (bicyclic) bond motifs is 1. The van der Waals surface area contributed by atoms with Gasteiger partial charge in [0, 0.05) is 25.0 Å². The molecule has 4 bridgehead atoms. The van der Waals surface area contributed by atoms with Gasteiger partial charge in [0.05, 0.1) is 7.11 Å². The van der Waals surface area contributed by atoms with Crippen LogP contribution in [0.15, 0.2) is 18.2 Å². The lowest BCUT2D eigenvalue weighted by Gasteiger charge is -2.55. The maximum absolute atomic E-state index is 13.0. The van der Waals surface area contributed by atoms with E-state index in [4.69, 9.17) is 14.2 Å². The number of rotatable bonds is 7. The Kier molecular flexibility index (Phi) is 5.06. The van der Waals surface area contributed by atoms with Crippen molar-refractivity contribution in [2.24, 2.45) is 23.2 Å². The fraction of sp³-hybridized carbons (Fsp3) is 0.696. The molecule has 0 aromatic heterocycles. The van der Waals surface area contributed by atoms with E-state index < -0.39 is 0 Å². The third-order valence-corrected chi connectivity index (χ3v) is 7.35. The van der Waals surface area contributed by atoms with Gasteiger partial charge in [-0.25, -0.2) is 0 Å². The molecule has 2 N–H and O–H groups in total. The summed E-state index contributed by atoms with van der Waals surface area (Å²) in [6, 6.07) is 5.67. The van der Waals surface area contributed by atoms with Crippen molar-refractivity contribution in [3.8, 4) is 17.2 Å². The smallest absolute Gasteiger partial charge is 0.226 e. The molecule has 6 heteroatoms. The maximum atomic E-state index is 13.0. The number of amides is 1. The zero-order valence-corrected chi connectivity index (χ0v) is 17.2. The van der Waals surface area contributed by atoms with Gasteiger partial charge in [0.1, 0.15) is 12.7 Å². The Hall–Kier alpha value is -1.95. The summed E-state index contributed by atoms with van der Waals surface area (Å²) in [6.45, 7) is 2.57. The van der Waals surface area contributed by atoms with Crippen molar-refractivity contribution in [2.45, 2.75) is 44.6 Å². The van der Waals surface area contributed by atoms with Crippen LogP contribution in [-0.2, 0) is 4.79 Å². The maximum Gasteiger partial charge on any atom is 0.226 e. The molecular weight excluding hydrogens is 368 g/mol. The summed E-state index contributed by atoms with van der Waals surface area (Å²) in [4.78, 5) is 13.0. The highest BCUT2D eigenvalue weighted by atomic mass is 16.6. The molecular formula is C23H32N2O4. The molecule has 5 aliphatic rings. The second-order valence-electron chi connectivity index (χ2n) is 9.50. The molecule has 4 fully saturated rings. The molecule has 158 valence electrons. The first-order valence-corrected chi connectivity index (χ1v) is 11.1. The Bertz CT molecular complexity index is 730. The molecule has 1 unspecified atom stereocenters. The Morgan fingerprint density at radius 1 is 1.14 bits per heavy atom. The highest BCUT2D eigenvalue weighted by molar-refractivity contribution is 5.83. The monoisotopic (exact) mass is 400 g/mol. The van der Waals surface area contributed by atoms with Gasteiger partial charge in [0.2, 0.25) is 11.7 Å². The summed E-state index contributed by atoms with van der Waals surface area (Å²) in [5, 5.41) is 6.61. The number of carbonyl (C=O) groups is 1. The largest absolute Gasteiger partial charge is 0.493 e. The SMILES string of the molecule is COc1cccc2c1OCC(CNCCNC(=O)C13CC4CC(CC(C4)C1)C3)O2. The number of benzene rings is 1. The van der Waals surface area contributed by atoms with E-state index in [0.29, 0.717) is 37.1 Å². The standard InChI is InChI=1S/C23H32N2O4/c1-27-19-3-2-4-20-21(19)28-14-18(29-20)13-24-5-6-25-22(26)23-10-15-7-16(11-23)9-17(8-15)12-23/h2-4,15-18,24H,5-14H2,1H3,(H,25,26). The van der Waals surface area contributed by atoms with Crippen LogP contribution in [-0.4, -0.2) is 45.4 Å². The molecule has 1 atom stereocenters. The van der Waals surface area contributed by atoms with Crippen LogP contribution in [0, 0.1) is 23.2 Å². The first-order valence-electron chi connectivity index (χ1n) is 11.1. The lowest BCUT2D eigenvalue weighted by Crippen LogP contribution is -2.54. The fourth-order valence-electron chi connectivity index (χ4n) is 6.49. The van der Waals surface area contributed by atoms with Gasteiger partial charge >= 0.3 is 0 Å². The molecule has 1 aliphatic heterocycles. The number of hydrogen-bond acceptors (Lipinski definition) is 5. The summed E-state index contributed by atoms with van der Waals surface area (Å²) < 4.78 is 17.2. The van der Waals surface area contributed by atoms with Crippen molar-refractivity contribution in [1.82, 2.24) is 10.6 Å². The Labute approximate surface area is 172 Å². The molecule has 4 aliphatic carbocycles. The molecule has 1 aromatic rings. The molecule has 1 amide bonds. The first-order chi connectivity index (χ1) is 14.1. The number of carbonyl (C=O) groups excluding carboxylic acids is 1. The molecule has 0 spiro atoms. The summed E-state index contributed by atoms with van der Waals surface area (Å²) in [5.41, 5.74) is -0.0577. The molecule has 1 heterocycles. The van der Waals surface area contributed by atoms with Gasteiger partial charge in [-0.2, -0.15) is 0 Å². The third kappa shape index (κ3) is 3.67. The summed E-state index contributed by atoms with van der Waals surface area (Å²) in [5.74, 6) is 4.80. The van der Waals surface area contributed by atoms with Crippen molar-refractivity contribution in [3.63, 3.8) is 0 Å². The molecule has 29 heavy (non-hydrogen) atoms. The van der Waals surface area contributed by atoms with Crippen molar-refractivity contribution in [1.29, 1.82) is 0 Å². The lowest BCUT2D eigenvalue weighted by molar-refractivity contribution is -0.146. The minimum absolute atomic E-state index is 0.0477. The molecule has 6 rings (SSSR count). The van der Waals surface area contributed by atoms with E-state index in [1.807, 2.05) is 18.2 Å². The van der Waals surface area contributed by atoms with Crippen LogP contribution in [0.2, 0.25) is 0 Å². The number of ether oxygens (including phenoxy) is 3. The molecule has 4 saturated carbocycles. The van der Waals surface area contributed by atoms with Gasteiger partial charge in [-0.1, -0.05) is 6.07 Å². The van der Waals surface area contributed by atoms with E-state index in [9.17, 15) is 4.79 Å². The van der Waals surface area contributed by atoms with Crippen LogP contribution < -0.4 is 24.8 Å². The highest BCUT2D eigenvalue weighted by Gasteiger charge is 2.54. The predicted octanol–water partition coefficient (Wildman–Crippen LogP) is 2.76. The summed E-state index contributed by atoms with van der Waals surface area (Å²) >= 11 is 0. The van der Waals surface area contributed by atoms with Crippen molar-refractivity contribution in [3.05, 3.63) is 18.2 Å². The quantitative estimate of drug-likeness (QED) is 0.689. The average Bonchev–Trinajstić information content (AvgIpc) is 2.71.